The molecule has 1 atom stereocenters. The third-order valence-electron chi connectivity index (χ3n) is 3.07. The van der Waals surface area contributed by atoms with Crippen LogP contribution in [0.25, 0.3) is 0 Å². The van der Waals surface area contributed by atoms with E-state index in [1.165, 1.54) is 19.3 Å². The topological polar surface area (TPSA) is 68.1 Å². The van der Waals surface area contributed by atoms with E-state index >= 15 is 0 Å². The van der Waals surface area contributed by atoms with Crippen molar-refractivity contribution in [3.8, 4) is 0 Å². The number of aryl methyl sites for hydroxylation is 1. The first-order valence-electron chi connectivity index (χ1n) is 6.92. The molecule has 1 rings (SSSR count). The van der Waals surface area contributed by atoms with Crippen molar-refractivity contribution in [1.29, 1.82) is 0 Å². The van der Waals surface area contributed by atoms with Crippen LogP contribution in [0.5, 0.6) is 0 Å². The first-order valence-corrected chi connectivity index (χ1v) is 6.92. The fourth-order valence-electron chi connectivity index (χ4n) is 1.99. The molecule has 0 aliphatic carbocycles. The van der Waals surface area contributed by atoms with Gasteiger partial charge in [-0.3, -0.25) is 10.1 Å². The van der Waals surface area contributed by atoms with Crippen molar-refractivity contribution in [1.82, 2.24) is 4.98 Å². The van der Waals surface area contributed by atoms with E-state index in [1.54, 1.807) is 19.2 Å². The predicted molar refractivity (Wildman–Crippen MR) is 77.5 cm³/mol. The zero-order valence-corrected chi connectivity index (χ0v) is 12.0. The smallest absolute Gasteiger partial charge is 0.311 e. The van der Waals surface area contributed by atoms with E-state index in [-0.39, 0.29) is 16.7 Å². The molecule has 1 heterocycles. The zero-order chi connectivity index (χ0) is 14.3. The number of aromatic nitrogens is 1. The molecule has 5 nitrogen and oxygen atoms in total. The highest BCUT2D eigenvalue weighted by molar-refractivity contribution is 5.56. The Morgan fingerprint density at radius 3 is 2.79 bits per heavy atom. The van der Waals surface area contributed by atoms with Gasteiger partial charge >= 0.3 is 5.69 Å². The third kappa shape index (κ3) is 5.24. The number of hydrogen-bond acceptors (Lipinski definition) is 4. The van der Waals surface area contributed by atoms with E-state index in [4.69, 9.17) is 0 Å². The Bertz CT molecular complexity index is 421. The van der Waals surface area contributed by atoms with Gasteiger partial charge in [-0.25, -0.2) is 4.98 Å². The summed E-state index contributed by atoms with van der Waals surface area (Å²) in [5.41, 5.74) is 0.855. The van der Waals surface area contributed by atoms with E-state index in [2.05, 4.69) is 17.2 Å². The molecule has 5 heteroatoms. The summed E-state index contributed by atoms with van der Waals surface area (Å²) >= 11 is 0. The molecule has 1 aromatic heterocycles. The number of nitrogens with zero attached hydrogens (tertiary/aromatic N) is 2. The fourth-order valence-corrected chi connectivity index (χ4v) is 1.99. The van der Waals surface area contributed by atoms with Crippen molar-refractivity contribution in [3.63, 3.8) is 0 Å². The van der Waals surface area contributed by atoms with Crippen LogP contribution in [-0.4, -0.2) is 15.9 Å². The molecule has 1 aromatic rings. The van der Waals surface area contributed by atoms with E-state index < -0.39 is 0 Å². The summed E-state index contributed by atoms with van der Waals surface area (Å²) in [7, 11) is 0. The van der Waals surface area contributed by atoms with Crippen LogP contribution in [0.15, 0.2) is 12.3 Å². The lowest BCUT2D eigenvalue weighted by atomic mass is 10.1. The lowest BCUT2D eigenvalue weighted by Crippen LogP contribution is -2.17. The van der Waals surface area contributed by atoms with Crippen molar-refractivity contribution < 1.29 is 4.92 Å². The van der Waals surface area contributed by atoms with E-state index in [0.29, 0.717) is 5.82 Å². The van der Waals surface area contributed by atoms with Crippen LogP contribution in [0.3, 0.4) is 0 Å². The van der Waals surface area contributed by atoms with Gasteiger partial charge in [0, 0.05) is 18.3 Å². The van der Waals surface area contributed by atoms with Crippen LogP contribution in [-0.2, 0) is 0 Å². The zero-order valence-electron chi connectivity index (χ0n) is 12.0. The second-order valence-electron chi connectivity index (χ2n) is 5.03. The van der Waals surface area contributed by atoms with Crippen LogP contribution < -0.4 is 5.32 Å². The molecule has 0 aliphatic heterocycles. The number of nitrogens with one attached hydrogen (secondary N) is 1. The number of nitro groups is 1. The monoisotopic (exact) mass is 265 g/mol. The maximum absolute atomic E-state index is 11.0. The van der Waals surface area contributed by atoms with E-state index in [0.717, 1.165) is 18.4 Å². The molecular formula is C14H23N3O2. The van der Waals surface area contributed by atoms with Crippen molar-refractivity contribution in [2.24, 2.45) is 0 Å². The summed E-state index contributed by atoms with van der Waals surface area (Å²) in [5.74, 6) is 0.374. The summed E-state index contributed by atoms with van der Waals surface area (Å²) in [4.78, 5) is 14.7. The van der Waals surface area contributed by atoms with Gasteiger partial charge in [-0.15, -0.1) is 0 Å². The molecule has 1 unspecified atom stereocenters. The molecule has 0 saturated carbocycles. The van der Waals surface area contributed by atoms with E-state index in [1.807, 2.05) is 6.92 Å². The Kier molecular flexibility index (Phi) is 6.25. The Morgan fingerprint density at radius 1 is 1.42 bits per heavy atom. The van der Waals surface area contributed by atoms with Crippen molar-refractivity contribution >= 4 is 11.5 Å². The summed E-state index contributed by atoms with van der Waals surface area (Å²) in [6.07, 6.45) is 7.47. The van der Waals surface area contributed by atoms with Crippen LogP contribution >= 0.6 is 0 Å². The maximum Gasteiger partial charge on any atom is 0.311 e. The highest BCUT2D eigenvalue weighted by Gasteiger charge is 2.16. The molecular weight excluding hydrogens is 242 g/mol. The Labute approximate surface area is 114 Å². The molecule has 1 N–H and O–H groups in total. The Morgan fingerprint density at radius 2 is 2.16 bits per heavy atom. The summed E-state index contributed by atoms with van der Waals surface area (Å²) < 4.78 is 0. The van der Waals surface area contributed by atoms with Gasteiger partial charge in [0.05, 0.1) is 4.92 Å². The van der Waals surface area contributed by atoms with Crippen LogP contribution in [0.1, 0.15) is 51.5 Å². The SMILES string of the molecule is CCCCCCC(C)Nc1ncc(C)cc1[N+](=O)[O-]. The maximum atomic E-state index is 11.0. The third-order valence-corrected chi connectivity index (χ3v) is 3.07. The number of hydrogen-bond donors (Lipinski definition) is 1. The van der Waals surface area contributed by atoms with Crippen LogP contribution in [0.2, 0.25) is 0 Å². The average molecular weight is 265 g/mol. The van der Waals surface area contributed by atoms with Crippen molar-refractivity contribution in [2.45, 2.75) is 58.9 Å². The lowest BCUT2D eigenvalue weighted by Gasteiger charge is -2.14. The first kappa shape index (κ1) is 15.4. The minimum Gasteiger partial charge on any atom is -0.362 e. The predicted octanol–water partition coefficient (Wildman–Crippen LogP) is 4.07. The largest absolute Gasteiger partial charge is 0.362 e. The van der Waals surface area contributed by atoms with Gasteiger partial charge in [0.2, 0.25) is 5.82 Å². The standard InChI is InChI=1S/C14H23N3O2/c1-4-5-6-7-8-12(3)16-14-13(17(18)19)9-11(2)10-15-14/h9-10,12H,4-8H2,1-3H3,(H,15,16). The molecule has 0 radical (unpaired) electrons. The molecule has 0 spiro atoms. The molecule has 0 aliphatic rings. The van der Waals surface area contributed by atoms with Gasteiger partial charge < -0.3 is 5.32 Å². The molecule has 19 heavy (non-hydrogen) atoms. The molecule has 0 bridgehead atoms. The molecule has 0 fully saturated rings. The van der Waals surface area contributed by atoms with Crippen LogP contribution in [0, 0.1) is 17.0 Å². The second-order valence-corrected chi connectivity index (χ2v) is 5.03. The van der Waals surface area contributed by atoms with Gasteiger partial charge in [0.15, 0.2) is 0 Å². The van der Waals surface area contributed by atoms with Gasteiger partial charge in [0.25, 0.3) is 0 Å². The Balaban J connectivity index is 2.58. The fraction of sp³-hybridized carbons (Fsp3) is 0.643. The van der Waals surface area contributed by atoms with Crippen LogP contribution in [0.4, 0.5) is 11.5 Å². The molecule has 0 amide bonds. The van der Waals surface area contributed by atoms with Gasteiger partial charge in [-0.2, -0.15) is 0 Å². The number of anilines is 1. The average Bonchev–Trinajstić information content (AvgIpc) is 2.36. The molecule has 106 valence electrons. The summed E-state index contributed by atoms with van der Waals surface area (Å²) in [6, 6.07) is 1.75. The van der Waals surface area contributed by atoms with Gasteiger partial charge in [-0.1, -0.05) is 32.6 Å². The molecule has 0 aromatic carbocycles. The molecule has 0 saturated heterocycles. The normalized spacial score (nSPS) is 12.2. The van der Waals surface area contributed by atoms with Gasteiger partial charge in [-0.05, 0) is 25.8 Å². The first-order chi connectivity index (χ1) is 9.04. The quantitative estimate of drug-likeness (QED) is 0.437. The number of pyridine rings is 1. The minimum absolute atomic E-state index is 0.0559. The lowest BCUT2D eigenvalue weighted by molar-refractivity contribution is -0.384. The van der Waals surface area contributed by atoms with Gasteiger partial charge in [0.1, 0.15) is 0 Å². The van der Waals surface area contributed by atoms with Crippen molar-refractivity contribution in [2.75, 3.05) is 5.32 Å². The number of unbranched alkanes of at least 4 members (excludes halogenated alkanes) is 3. The highest BCUT2D eigenvalue weighted by atomic mass is 16.6. The highest BCUT2D eigenvalue weighted by Crippen LogP contribution is 2.23. The minimum atomic E-state index is -0.383. The second kappa shape index (κ2) is 7.71. The van der Waals surface area contributed by atoms with Crippen molar-refractivity contribution in [3.05, 3.63) is 27.9 Å². The number of rotatable bonds is 8. The summed E-state index contributed by atoms with van der Waals surface area (Å²) in [5, 5.41) is 14.1. The summed E-state index contributed by atoms with van der Waals surface area (Å²) in [6.45, 7) is 6.02. The van der Waals surface area contributed by atoms with E-state index in [9.17, 15) is 10.1 Å². The Hall–Kier alpha value is -1.65.